The minimum Gasteiger partial charge on any atom is -0.377 e. The molecule has 2 aromatic rings. The number of sulfonamides is 1. The molecule has 1 heterocycles. The fourth-order valence-electron chi connectivity index (χ4n) is 6.32. The maximum atomic E-state index is 13.8. The number of likely N-dealkylation sites (N-methyl/N-ethyl adjacent to an activating group) is 1. The topological polar surface area (TPSA) is 106 Å². The zero-order valence-electron chi connectivity index (χ0n) is 24.8. The summed E-state index contributed by atoms with van der Waals surface area (Å²) in [6.07, 6.45) is 12.9. The van der Waals surface area contributed by atoms with Crippen LogP contribution in [0.4, 0.5) is 0 Å². The highest BCUT2D eigenvalue weighted by Gasteiger charge is 2.43. The van der Waals surface area contributed by atoms with Gasteiger partial charge in [0.05, 0.1) is 17.7 Å². The Bertz CT molecular complexity index is 1550. The van der Waals surface area contributed by atoms with Crippen molar-refractivity contribution >= 4 is 34.5 Å². The van der Waals surface area contributed by atoms with Crippen molar-refractivity contribution in [1.29, 1.82) is 5.41 Å². The summed E-state index contributed by atoms with van der Waals surface area (Å²) in [6.45, 7) is 3.61. The highest BCUT2D eigenvalue weighted by atomic mass is 32.2. The van der Waals surface area contributed by atoms with E-state index in [1.54, 1.807) is 26.1 Å². The van der Waals surface area contributed by atoms with Crippen LogP contribution in [0.15, 0.2) is 90.0 Å². The fraction of sp³-hybridized carbons (Fsp3) is 0.394. The lowest BCUT2D eigenvalue weighted by atomic mass is 9.81. The predicted octanol–water partition coefficient (Wildman–Crippen LogP) is 4.14. The smallest absolute Gasteiger partial charge is 0.244 e. The number of fused-ring (bicyclic) bond motifs is 1. The molecule has 0 spiro atoms. The van der Waals surface area contributed by atoms with Gasteiger partial charge < -0.3 is 15.6 Å². The van der Waals surface area contributed by atoms with Gasteiger partial charge in [-0.2, -0.15) is 4.31 Å². The van der Waals surface area contributed by atoms with Crippen LogP contribution in [0.3, 0.4) is 0 Å². The van der Waals surface area contributed by atoms with Gasteiger partial charge in [-0.05, 0) is 61.6 Å². The second-order valence-electron chi connectivity index (χ2n) is 12.0. The summed E-state index contributed by atoms with van der Waals surface area (Å²) in [7, 11) is -2.34. The molecule has 5 rings (SSSR count). The van der Waals surface area contributed by atoms with Crippen molar-refractivity contribution in [1.82, 2.24) is 19.2 Å². The molecule has 228 valence electrons. The first-order valence-corrected chi connectivity index (χ1v) is 16.7. The lowest BCUT2D eigenvalue weighted by Crippen LogP contribution is -2.49. The molecule has 1 aliphatic heterocycles. The molecule has 0 aromatic heterocycles. The summed E-state index contributed by atoms with van der Waals surface area (Å²) in [5.41, 5.74) is 1.87. The lowest BCUT2D eigenvalue weighted by Gasteiger charge is -2.36. The Labute approximate surface area is 261 Å². The number of allylic oxidation sites excluding steroid dienone is 2. The summed E-state index contributed by atoms with van der Waals surface area (Å²) in [4.78, 5) is 14.8. The number of aryl methyl sites for hydroxylation is 1. The van der Waals surface area contributed by atoms with Crippen molar-refractivity contribution in [2.75, 3.05) is 26.7 Å². The molecule has 3 aliphatic rings. The number of hydrogen-bond acceptors (Lipinski definition) is 7. The Kier molecular flexibility index (Phi) is 9.31. The number of rotatable bonds is 10. The number of carbonyl (C=O) groups is 1. The van der Waals surface area contributed by atoms with E-state index >= 15 is 0 Å². The number of likely N-dealkylation sites (tertiary alicyclic amines) is 1. The van der Waals surface area contributed by atoms with Crippen LogP contribution in [0.2, 0.25) is 0 Å². The molecule has 1 saturated heterocycles. The maximum Gasteiger partial charge on any atom is 0.244 e. The molecule has 2 aliphatic carbocycles. The number of amides is 1. The van der Waals surface area contributed by atoms with Crippen molar-refractivity contribution in [2.45, 2.75) is 56.0 Å². The monoisotopic (exact) mass is 619 g/mol. The molecule has 2 atom stereocenters. The highest BCUT2D eigenvalue weighted by molar-refractivity contribution is 7.94. The van der Waals surface area contributed by atoms with Crippen molar-refractivity contribution < 1.29 is 13.2 Å². The van der Waals surface area contributed by atoms with E-state index in [0.29, 0.717) is 6.42 Å². The van der Waals surface area contributed by atoms with Crippen LogP contribution in [-0.4, -0.2) is 67.5 Å². The average Bonchev–Trinajstić information content (AvgIpc) is 3.37. The van der Waals surface area contributed by atoms with Gasteiger partial charge in [0.15, 0.2) is 0 Å². The molecule has 1 fully saturated rings. The van der Waals surface area contributed by atoms with Crippen LogP contribution < -0.4 is 10.0 Å². The second kappa shape index (κ2) is 12.8. The van der Waals surface area contributed by atoms with E-state index in [0.717, 1.165) is 49.9 Å². The molecular weight excluding hydrogens is 579 g/mol. The Morgan fingerprint density at radius 1 is 1.14 bits per heavy atom. The molecular formula is C33H41N5O3S2. The zero-order valence-corrected chi connectivity index (χ0v) is 26.5. The summed E-state index contributed by atoms with van der Waals surface area (Å²) < 4.78 is 31.9. The molecule has 1 amide bonds. The van der Waals surface area contributed by atoms with Gasteiger partial charge in [-0.3, -0.25) is 9.52 Å². The van der Waals surface area contributed by atoms with Gasteiger partial charge in [-0.15, -0.1) is 0 Å². The lowest BCUT2D eigenvalue weighted by molar-refractivity contribution is -0.121. The first kappa shape index (κ1) is 31.3. The van der Waals surface area contributed by atoms with Crippen molar-refractivity contribution in [2.24, 2.45) is 0 Å². The molecule has 8 nitrogen and oxygen atoms in total. The Morgan fingerprint density at radius 2 is 1.84 bits per heavy atom. The zero-order chi connectivity index (χ0) is 30.7. The van der Waals surface area contributed by atoms with E-state index in [2.05, 4.69) is 52.2 Å². The molecule has 2 aromatic carbocycles. The number of nitrogens with one attached hydrogen (secondary N) is 3. The van der Waals surface area contributed by atoms with Gasteiger partial charge >= 0.3 is 0 Å². The number of hydrogen-bond donors (Lipinski definition) is 4. The number of benzene rings is 2. The van der Waals surface area contributed by atoms with Crippen LogP contribution in [0.25, 0.3) is 0 Å². The molecule has 0 saturated carbocycles. The Hall–Kier alpha value is -3.18. The van der Waals surface area contributed by atoms with Gasteiger partial charge in [-0.25, -0.2) is 8.42 Å². The third-order valence-electron chi connectivity index (χ3n) is 8.97. The maximum absolute atomic E-state index is 13.8. The van der Waals surface area contributed by atoms with Gasteiger partial charge in [0.2, 0.25) is 15.9 Å². The first-order valence-electron chi connectivity index (χ1n) is 14.8. The van der Waals surface area contributed by atoms with E-state index < -0.39 is 21.0 Å². The summed E-state index contributed by atoms with van der Waals surface area (Å²) in [5.74, 6) is 0.0491. The number of nitrogens with zero attached hydrogens (tertiary/aromatic N) is 2. The number of thiol groups is 1. The third-order valence-corrected chi connectivity index (χ3v) is 11.3. The van der Waals surface area contributed by atoms with E-state index in [1.165, 1.54) is 15.9 Å². The van der Waals surface area contributed by atoms with E-state index in [9.17, 15) is 13.2 Å². The number of piperidine rings is 1. The molecule has 3 N–H and O–H groups in total. The second-order valence-corrected chi connectivity index (χ2v) is 14.2. The fourth-order valence-corrected chi connectivity index (χ4v) is 7.96. The minimum absolute atomic E-state index is 0.0247. The molecule has 43 heavy (non-hydrogen) atoms. The van der Waals surface area contributed by atoms with Crippen LogP contribution in [0.1, 0.15) is 42.9 Å². The van der Waals surface area contributed by atoms with E-state index in [4.69, 9.17) is 5.41 Å². The van der Waals surface area contributed by atoms with Gasteiger partial charge in [-0.1, -0.05) is 85.6 Å². The summed E-state index contributed by atoms with van der Waals surface area (Å²) in [5, 5.41) is 11.8. The Morgan fingerprint density at radius 3 is 2.56 bits per heavy atom. The van der Waals surface area contributed by atoms with Crippen LogP contribution in [0.5, 0.6) is 0 Å². The van der Waals surface area contributed by atoms with Crippen LogP contribution in [0, 0.1) is 5.41 Å². The van der Waals surface area contributed by atoms with Gasteiger partial charge in [0.1, 0.15) is 4.91 Å². The number of carbonyl (C=O) groups excluding carboxylic acids is 1. The average molecular weight is 620 g/mol. The normalized spacial score (nSPS) is 24.4. The van der Waals surface area contributed by atoms with Crippen molar-refractivity contribution in [3.05, 3.63) is 107 Å². The van der Waals surface area contributed by atoms with E-state index in [1.807, 2.05) is 42.5 Å². The molecule has 2 unspecified atom stereocenters. The summed E-state index contributed by atoms with van der Waals surface area (Å²) in [6, 6.07) is 18.2. The largest absolute Gasteiger partial charge is 0.377 e. The molecule has 0 radical (unpaired) electrons. The SMILES string of the molecule is CN(CC1(/C=C/N2CCC(NC(=O)Cc3ccccc3)CC2)CCc2ccccc21)S(=O)(=O)C1=CC=CC(C)(NS)C1=N. The molecule has 10 heteroatoms. The highest BCUT2D eigenvalue weighted by Crippen LogP contribution is 2.42. The van der Waals surface area contributed by atoms with Gasteiger partial charge in [0, 0.05) is 38.1 Å². The first-order chi connectivity index (χ1) is 20.6. The van der Waals surface area contributed by atoms with Gasteiger partial charge in [0.25, 0.3) is 0 Å². The van der Waals surface area contributed by atoms with Crippen molar-refractivity contribution in [3.63, 3.8) is 0 Å². The van der Waals surface area contributed by atoms with Crippen LogP contribution in [-0.2, 0) is 33.1 Å². The molecule has 0 bridgehead atoms. The quantitative estimate of drug-likeness (QED) is 0.300. The van der Waals surface area contributed by atoms with Crippen molar-refractivity contribution in [3.8, 4) is 0 Å². The standard InChI is InChI=1S/C33H41N5O3S2/c1-32(36-42)17-8-13-29(31(32)34)43(40,41)37(2)24-33(18-14-26-11-6-7-12-28(26)33)19-22-38-20-15-27(16-21-38)35-30(39)23-25-9-4-3-5-10-25/h3-13,17,19,22,27,34,36,42H,14-16,18,20-21,23-24H2,1-2H3,(H,35,39)/b22-19+,34-31?. The predicted molar refractivity (Wildman–Crippen MR) is 175 cm³/mol. The minimum atomic E-state index is -3.95. The van der Waals surface area contributed by atoms with Crippen LogP contribution >= 0.6 is 12.8 Å². The van der Waals surface area contributed by atoms with E-state index in [-0.39, 0.29) is 29.1 Å². The third kappa shape index (κ3) is 6.67. The Balaban J connectivity index is 1.28. The summed E-state index contributed by atoms with van der Waals surface area (Å²) >= 11 is 4.14.